The molecule has 0 spiro atoms. The average Bonchev–Trinajstić information content (AvgIpc) is 3.02. The zero-order valence-corrected chi connectivity index (χ0v) is 12.1. The fraction of sp³-hybridized carbons (Fsp3) is 0.385. The molecular weight excluding hydrogens is 294 g/mol. The van der Waals surface area contributed by atoms with E-state index in [1.54, 1.807) is 6.33 Å². The third-order valence-corrected chi connectivity index (χ3v) is 3.67. The van der Waals surface area contributed by atoms with Crippen LogP contribution in [0.2, 0.25) is 5.15 Å². The van der Waals surface area contributed by atoms with Gasteiger partial charge in [0, 0.05) is 12.8 Å². The molecule has 2 heterocycles. The van der Waals surface area contributed by atoms with Gasteiger partial charge in [0.1, 0.15) is 5.52 Å². The highest BCUT2D eigenvalue weighted by Gasteiger charge is 2.23. The summed E-state index contributed by atoms with van der Waals surface area (Å²) in [6.07, 6.45) is 6.56. The van der Waals surface area contributed by atoms with Crippen molar-refractivity contribution in [2.45, 2.75) is 19.4 Å². The molecule has 2 N–H and O–H groups in total. The number of fused-ring (bicyclic) bond motifs is 1. The van der Waals surface area contributed by atoms with Gasteiger partial charge < -0.3 is 15.0 Å². The van der Waals surface area contributed by atoms with Crippen LogP contribution >= 0.6 is 11.6 Å². The van der Waals surface area contributed by atoms with Crippen molar-refractivity contribution in [2.75, 3.05) is 12.3 Å². The maximum Gasteiger partial charge on any atom is 0.302 e. The molecular formula is C13H14ClN5O2. The number of hydrogen-bond donors (Lipinski definition) is 1. The van der Waals surface area contributed by atoms with Gasteiger partial charge in [-0.2, -0.15) is 9.97 Å². The lowest BCUT2D eigenvalue weighted by Gasteiger charge is -2.13. The second kappa shape index (κ2) is 5.33. The molecule has 0 radical (unpaired) electrons. The first-order valence-electron chi connectivity index (χ1n) is 6.52. The summed E-state index contributed by atoms with van der Waals surface area (Å²) >= 11 is 6.01. The van der Waals surface area contributed by atoms with Gasteiger partial charge >= 0.3 is 5.97 Å². The maximum atomic E-state index is 10.9. The molecule has 0 fully saturated rings. The van der Waals surface area contributed by atoms with Gasteiger partial charge in [0.05, 0.1) is 19.0 Å². The molecule has 1 aliphatic carbocycles. The number of carbonyl (C=O) groups is 1. The summed E-state index contributed by atoms with van der Waals surface area (Å²) in [7, 11) is 0. The SMILES string of the molecule is CC(=O)OCC1C=CC(n2cnc3c(Cl)nc(N)nc32)C1. The zero-order valence-electron chi connectivity index (χ0n) is 11.4. The highest BCUT2D eigenvalue weighted by atomic mass is 35.5. The molecule has 0 aromatic carbocycles. The summed E-state index contributed by atoms with van der Waals surface area (Å²) in [6, 6.07) is 0.0842. The van der Waals surface area contributed by atoms with E-state index in [-0.39, 0.29) is 29.0 Å². The predicted molar refractivity (Wildman–Crippen MR) is 77.7 cm³/mol. The summed E-state index contributed by atoms with van der Waals surface area (Å²) in [5.74, 6) is 0.0333. The zero-order chi connectivity index (χ0) is 15.0. The Bertz CT molecular complexity index is 727. The molecule has 0 amide bonds. The first-order valence-corrected chi connectivity index (χ1v) is 6.89. The summed E-state index contributed by atoms with van der Waals surface area (Å²) in [6.45, 7) is 1.79. The van der Waals surface area contributed by atoms with E-state index in [1.807, 2.05) is 16.7 Å². The van der Waals surface area contributed by atoms with Gasteiger partial charge in [-0.15, -0.1) is 0 Å². The minimum absolute atomic E-state index is 0.0842. The van der Waals surface area contributed by atoms with Crippen molar-refractivity contribution in [3.8, 4) is 0 Å². The van der Waals surface area contributed by atoms with E-state index in [2.05, 4.69) is 15.0 Å². The number of nitrogens with zero attached hydrogens (tertiary/aromatic N) is 4. The molecule has 2 aromatic rings. The summed E-state index contributed by atoms with van der Waals surface area (Å²) in [4.78, 5) is 23.2. The Balaban J connectivity index is 1.83. The van der Waals surface area contributed by atoms with Crippen molar-refractivity contribution >= 4 is 34.7 Å². The standard InChI is InChI=1S/C13H14ClN5O2/c1-7(20)21-5-8-2-3-9(4-8)19-6-16-10-11(14)17-13(15)18-12(10)19/h2-3,6,8-9H,4-5H2,1H3,(H2,15,17,18). The van der Waals surface area contributed by atoms with Gasteiger partial charge in [0.2, 0.25) is 5.95 Å². The predicted octanol–water partition coefficient (Wildman–Crippen LogP) is 1.74. The van der Waals surface area contributed by atoms with Crippen molar-refractivity contribution in [3.05, 3.63) is 23.6 Å². The number of aromatic nitrogens is 4. The second-order valence-corrected chi connectivity index (χ2v) is 5.31. The van der Waals surface area contributed by atoms with E-state index < -0.39 is 0 Å². The Kier molecular flexibility index (Phi) is 3.50. The molecule has 21 heavy (non-hydrogen) atoms. The molecule has 3 rings (SSSR count). The summed E-state index contributed by atoms with van der Waals surface area (Å²) in [5, 5.41) is 0.245. The van der Waals surface area contributed by atoms with Gasteiger partial charge in [-0.3, -0.25) is 4.79 Å². The first kappa shape index (κ1) is 13.8. The van der Waals surface area contributed by atoms with Crippen LogP contribution < -0.4 is 5.73 Å². The Hall–Kier alpha value is -2.15. The Morgan fingerprint density at radius 2 is 2.33 bits per heavy atom. The third kappa shape index (κ3) is 2.69. The molecule has 1 aliphatic rings. The average molecular weight is 308 g/mol. The van der Waals surface area contributed by atoms with Gasteiger partial charge in [0.15, 0.2) is 10.8 Å². The smallest absolute Gasteiger partial charge is 0.302 e. The Morgan fingerprint density at radius 1 is 1.52 bits per heavy atom. The number of carbonyl (C=O) groups excluding carboxylic acids is 1. The van der Waals surface area contributed by atoms with Crippen LogP contribution in [0.5, 0.6) is 0 Å². The van der Waals surface area contributed by atoms with Crippen molar-refractivity contribution in [1.82, 2.24) is 19.5 Å². The van der Waals surface area contributed by atoms with E-state index in [4.69, 9.17) is 22.1 Å². The number of ether oxygens (including phenoxy) is 1. The number of hydrogen-bond acceptors (Lipinski definition) is 6. The van der Waals surface area contributed by atoms with Gasteiger partial charge in [0.25, 0.3) is 0 Å². The molecule has 0 bridgehead atoms. The lowest BCUT2D eigenvalue weighted by Crippen LogP contribution is -2.12. The molecule has 2 atom stereocenters. The topological polar surface area (TPSA) is 95.9 Å². The minimum atomic E-state index is -0.271. The van der Waals surface area contributed by atoms with Crippen molar-refractivity contribution in [1.29, 1.82) is 0 Å². The Labute approximate surface area is 125 Å². The number of allylic oxidation sites excluding steroid dienone is 1. The van der Waals surface area contributed by atoms with Crippen LogP contribution in [0.4, 0.5) is 5.95 Å². The molecule has 8 heteroatoms. The van der Waals surface area contributed by atoms with Crippen LogP contribution in [-0.2, 0) is 9.53 Å². The van der Waals surface area contributed by atoms with Crippen molar-refractivity contribution in [2.24, 2.45) is 5.92 Å². The van der Waals surface area contributed by atoms with Crippen LogP contribution in [0.3, 0.4) is 0 Å². The summed E-state index contributed by atoms with van der Waals surface area (Å²) in [5.41, 5.74) is 6.77. The molecule has 0 saturated heterocycles. The number of nitrogen functional groups attached to an aromatic ring is 1. The van der Waals surface area contributed by atoms with E-state index in [0.717, 1.165) is 6.42 Å². The molecule has 7 nitrogen and oxygen atoms in total. The first-order chi connectivity index (χ1) is 10.0. The van der Waals surface area contributed by atoms with Crippen LogP contribution in [-0.4, -0.2) is 32.1 Å². The molecule has 2 unspecified atom stereocenters. The quantitative estimate of drug-likeness (QED) is 0.527. The van der Waals surface area contributed by atoms with E-state index in [9.17, 15) is 4.79 Å². The maximum absolute atomic E-state index is 10.9. The highest BCUT2D eigenvalue weighted by Crippen LogP contribution is 2.31. The van der Waals surface area contributed by atoms with E-state index in [0.29, 0.717) is 17.8 Å². The van der Waals surface area contributed by atoms with Crippen LogP contribution in [0.1, 0.15) is 19.4 Å². The normalized spacial score (nSPS) is 21.0. The largest absolute Gasteiger partial charge is 0.465 e. The second-order valence-electron chi connectivity index (χ2n) is 4.95. The van der Waals surface area contributed by atoms with Gasteiger partial charge in [-0.25, -0.2) is 4.98 Å². The lowest BCUT2D eigenvalue weighted by molar-refractivity contribution is -0.141. The summed E-state index contributed by atoms with van der Waals surface area (Å²) < 4.78 is 6.94. The highest BCUT2D eigenvalue weighted by molar-refractivity contribution is 6.33. The number of nitrogens with two attached hydrogens (primary N) is 1. The number of rotatable bonds is 3. The van der Waals surface area contributed by atoms with Crippen molar-refractivity contribution < 1.29 is 9.53 Å². The van der Waals surface area contributed by atoms with E-state index in [1.165, 1.54) is 6.92 Å². The van der Waals surface area contributed by atoms with Crippen molar-refractivity contribution in [3.63, 3.8) is 0 Å². The molecule has 2 aromatic heterocycles. The van der Waals surface area contributed by atoms with Crippen LogP contribution in [0.15, 0.2) is 18.5 Å². The van der Waals surface area contributed by atoms with Crippen LogP contribution in [0.25, 0.3) is 11.2 Å². The Morgan fingerprint density at radius 3 is 3.10 bits per heavy atom. The number of imidazole rings is 1. The minimum Gasteiger partial charge on any atom is -0.465 e. The third-order valence-electron chi connectivity index (χ3n) is 3.40. The van der Waals surface area contributed by atoms with Crippen LogP contribution in [0, 0.1) is 5.92 Å². The molecule has 0 saturated carbocycles. The molecule has 110 valence electrons. The monoisotopic (exact) mass is 307 g/mol. The molecule has 0 aliphatic heterocycles. The fourth-order valence-corrected chi connectivity index (χ4v) is 2.67. The number of esters is 1. The fourth-order valence-electron chi connectivity index (χ4n) is 2.45. The van der Waals surface area contributed by atoms with E-state index >= 15 is 0 Å². The lowest BCUT2D eigenvalue weighted by atomic mass is 10.1. The number of anilines is 1. The number of halogens is 1. The van der Waals surface area contributed by atoms with Gasteiger partial charge in [-0.05, 0) is 6.42 Å². The van der Waals surface area contributed by atoms with Gasteiger partial charge in [-0.1, -0.05) is 23.8 Å².